The number of hydrogen-bond acceptors (Lipinski definition) is 4. The molecule has 4 nitrogen and oxygen atoms in total. The van der Waals surface area contributed by atoms with Gasteiger partial charge in [0.25, 0.3) is 0 Å². The molecule has 1 atom stereocenters. The maximum Gasteiger partial charge on any atom is 0.164 e. The molecule has 0 spiro atoms. The van der Waals surface area contributed by atoms with E-state index in [1.165, 1.54) is 5.56 Å². The Bertz CT molecular complexity index is 670. The zero-order chi connectivity index (χ0) is 18.1. The second-order valence-corrected chi connectivity index (χ2v) is 5.81. The molecule has 0 amide bonds. The van der Waals surface area contributed by atoms with Crippen LogP contribution in [0.25, 0.3) is 0 Å². The minimum Gasteiger partial charge on any atom is -0.493 e. The summed E-state index contributed by atoms with van der Waals surface area (Å²) in [5.41, 5.74) is 3.22. The predicted octanol–water partition coefficient (Wildman–Crippen LogP) is 3.30. The van der Waals surface area contributed by atoms with Crippen molar-refractivity contribution in [2.75, 3.05) is 27.3 Å². The van der Waals surface area contributed by atoms with Gasteiger partial charge in [0.1, 0.15) is 0 Å². The number of aliphatic hydroxyl groups is 1. The second-order valence-electron chi connectivity index (χ2n) is 5.81. The smallest absolute Gasteiger partial charge is 0.164 e. The Morgan fingerprint density at radius 2 is 1.88 bits per heavy atom. The molecule has 1 unspecified atom stereocenters. The summed E-state index contributed by atoms with van der Waals surface area (Å²) in [4.78, 5) is 0. The van der Waals surface area contributed by atoms with Gasteiger partial charge in [-0.15, -0.1) is 6.58 Å². The maximum absolute atomic E-state index is 10.2. The Balaban J connectivity index is 1.97. The molecule has 0 aromatic heterocycles. The lowest BCUT2D eigenvalue weighted by Crippen LogP contribution is -2.24. The highest BCUT2D eigenvalue weighted by Crippen LogP contribution is 2.34. The van der Waals surface area contributed by atoms with E-state index in [1.807, 2.05) is 42.5 Å². The quantitative estimate of drug-likeness (QED) is 0.514. The van der Waals surface area contributed by atoms with Crippen LogP contribution in [0.4, 0.5) is 0 Å². The summed E-state index contributed by atoms with van der Waals surface area (Å²) in [6, 6.07) is 13.7. The van der Waals surface area contributed by atoms with Gasteiger partial charge in [0.15, 0.2) is 11.5 Å². The van der Waals surface area contributed by atoms with Crippen LogP contribution in [0.2, 0.25) is 0 Å². The maximum atomic E-state index is 10.2. The number of ether oxygens (including phenoxy) is 2. The van der Waals surface area contributed by atoms with Crippen LogP contribution in [0.1, 0.15) is 22.8 Å². The summed E-state index contributed by atoms with van der Waals surface area (Å²) in [7, 11) is 3.30. The summed E-state index contributed by atoms with van der Waals surface area (Å²) >= 11 is 0. The van der Waals surface area contributed by atoms with Crippen molar-refractivity contribution in [3.63, 3.8) is 0 Å². The van der Waals surface area contributed by atoms with E-state index in [4.69, 9.17) is 9.47 Å². The van der Waals surface area contributed by atoms with Crippen LogP contribution in [-0.2, 0) is 12.8 Å². The third-order valence-electron chi connectivity index (χ3n) is 4.19. The highest BCUT2D eigenvalue weighted by molar-refractivity contribution is 5.51. The van der Waals surface area contributed by atoms with Gasteiger partial charge in [-0.05, 0) is 36.6 Å². The van der Waals surface area contributed by atoms with Crippen LogP contribution in [-0.4, -0.2) is 32.4 Å². The van der Waals surface area contributed by atoms with Crippen molar-refractivity contribution in [1.29, 1.82) is 0 Å². The van der Waals surface area contributed by atoms with Crippen molar-refractivity contribution in [1.82, 2.24) is 5.32 Å². The molecule has 2 rings (SSSR count). The molecule has 0 aliphatic rings. The van der Waals surface area contributed by atoms with Crippen LogP contribution < -0.4 is 14.8 Å². The number of benzene rings is 2. The molecule has 0 radical (unpaired) electrons. The van der Waals surface area contributed by atoms with Crippen LogP contribution >= 0.6 is 0 Å². The Kier molecular flexibility index (Phi) is 7.51. The van der Waals surface area contributed by atoms with Gasteiger partial charge in [0.2, 0.25) is 0 Å². The Morgan fingerprint density at radius 1 is 1.12 bits per heavy atom. The topological polar surface area (TPSA) is 50.7 Å². The fraction of sp³-hybridized carbons (Fsp3) is 0.333. The number of hydrogen-bond donors (Lipinski definition) is 2. The van der Waals surface area contributed by atoms with Crippen molar-refractivity contribution in [2.45, 2.75) is 18.9 Å². The molecule has 2 N–H and O–H groups in total. The summed E-state index contributed by atoms with van der Waals surface area (Å²) in [5.74, 6) is 1.50. The van der Waals surface area contributed by atoms with E-state index in [0.29, 0.717) is 6.54 Å². The van der Waals surface area contributed by atoms with Crippen molar-refractivity contribution < 1.29 is 14.6 Å². The molecule has 25 heavy (non-hydrogen) atoms. The van der Waals surface area contributed by atoms with E-state index in [0.717, 1.165) is 42.0 Å². The minimum atomic E-state index is -0.501. The van der Waals surface area contributed by atoms with E-state index in [1.54, 1.807) is 14.2 Å². The van der Waals surface area contributed by atoms with E-state index in [2.05, 4.69) is 18.0 Å². The Hall–Kier alpha value is -2.30. The van der Waals surface area contributed by atoms with E-state index in [9.17, 15) is 5.11 Å². The Labute approximate surface area is 150 Å². The number of allylic oxidation sites excluding steroid dienone is 1. The highest BCUT2D eigenvalue weighted by Gasteiger charge is 2.14. The largest absolute Gasteiger partial charge is 0.493 e. The molecule has 0 bridgehead atoms. The van der Waals surface area contributed by atoms with Crippen molar-refractivity contribution >= 4 is 0 Å². The molecule has 2 aromatic carbocycles. The molecule has 0 aliphatic carbocycles. The first-order valence-corrected chi connectivity index (χ1v) is 8.48. The Morgan fingerprint density at radius 3 is 2.52 bits per heavy atom. The van der Waals surface area contributed by atoms with Crippen LogP contribution in [0.3, 0.4) is 0 Å². The monoisotopic (exact) mass is 341 g/mol. The lowest BCUT2D eigenvalue weighted by Gasteiger charge is -2.17. The van der Waals surface area contributed by atoms with Gasteiger partial charge in [-0.2, -0.15) is 0 Å². The van der Waals surface area contributed by atoms with Crippen LogP contribution in [0.5, 0.6) is 11.5 Å². The zero-order valence-corrected chi connectivity index (χ0v) is 15.0. The normalized spacial score (nSPS) is 11.8. The summed E-state index contributed by atoms with van der Waals surface area (Å²) in [5, 5.41) is 13.5. The van der Waals surface area contributed by atoms with Gasteiger partial charge < -0.3 is 19.9 Å². The molecule has 0 heterocycles. The van der Waals surface area contributed by atoms with Gasteiger partial charge in [0.05, 0.1) is 20.3 Å². The zero-order valence-electron chi connectivity index (χ0n) is 15.0. The first-order valence-electron chi connectivity index (χ1n) is 8.48. The average Bonchev–Trinajstić information content (AvgIpc) is 2.66. The van der Waals surface area contributed by atoms with E-state index in [-0.39, 0.29) is 0 Å². The molecule has 2 aromatic rings. The number of methoxy groups -OCH3 is 2. The molecule has 0 fully saturated rings. The van der Waals surface area contributed by atoms with Gasteiger partial charge >= 0.3 is 0 Å². The first-order chi connectivity index (χ1) is 12.2. The first kappa shape index (κ1) is 19.0. The SMILES string of the molecule is C=CCc1c(CCNCC(O)c2ccccc2)ccc(OC)c1OC. The van der Waals surface area contributed by atoms with E-state index < -0.39 is 6.10 Å². The predicted molar refractivity (Wildman–Crippen MR) is 101 cm³/mol. The van der Waals surface area contributed by atoms with Crippen molar-refractivity contribution in [2.24, 2.45) is 0 Å². The standard InChI is InChI=1S/C21H27NO3/c1-4-8-18-16(11-12-20(24-2)21(18)25-3)13-14-22-15-19(23)17-9-6-5-7-10-17/h4-7,9-12,19,22-23H,1,8,13-15H2,2-3H3. The average molecular weight is 341 g/mol. The van der Waals surface area contributed by atoms with Crippen LogP contribution in [0.15, 0.2) is 55.1 Å². The molecule has 0 saturated carbocycles. The summed E-state index contributed by atoms with van der Waals surface area (Å²) < 4.78 is 10.9. The van der Waals surface area contributed by atoms with Gasteiger partial charge in [0, 0.05) is 12.1 Å². The van der Waals surface area contributed by atoms with Gasteiger partial charge in [-0.25, -0.2) is 0 Å². The lowest BCUT2D eigenvalue weighted by atomic mass is 9.99. The number of rotatable bonds is 10. The number of nitrogens with one attached hydrogen (secondary N) is 1. The van der Waals surface area contributed by atoms with Crippen LogP contribution in [0, 0.1) is 0 Å². The van der Waals surface area contributed by atoms with Crippen molar-refractivity contribution in [3.05, 3.63) is 71.8 Å². The second kappa shape index (κ2) is 9.87. The fourth-order valence-electron chi connectivity index (χ4n) is 2.89. The number of aliphatic hydroxyl groups excluding tert-OH is 1. The molecule has 0 saturated heterocycles. The third-order valence-corrected chi connectivity index (χ3v) is 4.19. The molecular formula is C21H27NO3. The van der Waals surface area contributed by atoms with Crippen molar-refractivity contribution in [3.8, 4) is 11.5 Å². The van der Waals surface area contributed by atoms with E-state index >= 15 is 0 Å². The summed E-state index contributed by atoms with van der Waals surface area (Å²) in [6.45, 7) is 5.13. The molecular weight excluding hydrogens is 314 g/mol. The van der Waals surface area contributed by atoms with Gasteiger partial charge in [-0.3, -0.25) is 0 Å². The lowest BCUT2D eigenvalue weighted by molar-refractivity contribution is 0.175. The third kappa shape index (κ3) is 5.08. The summed E-state index contributed by atoms with van der Waals surface area (Å²) in [6.07, 6.45) is 2.93. The van der Waals surface area contributed by atoms with Gasteiger partial charge in [-0.1, -0.05) is 42.5 Å². The molecule has 4 heteroatoms. The minimum absolute atomic E-state index is 0.501. The molecule has 0 aliphatic heterocycles. The highest BCUT2D eigenvalue weighted by atomic mass is 16.5. The fourth-order valence-corrected chi connectivity index (χ4v) is 2.89. The molecule has 134 valence electrons.